The zero-order valence-electron chi connectivity index (χ0n) is 12.1. The third kappa shape index (κ3) is 4.53. The van der Waals surface area contributed by atoms with E-state index in [0.717, 1.165) is 25.1 Å². The summed E-state index contributed by atoms with van der Waals surface area (Å²) in [5, 5.41) is 0. The van der Waals surface area contributed by atoms with Crippen LogP contribution in [0.15, 0.2) is 24.3 Å². The molecule has 1 saturated carbocycles. The molecule has 0 unspecified atom stereocenters. The van der Waals surface area contributed by atoms with E-state index in [2.05, 4.69) is 11.0 Å². The second-order valence-electron chi connectivity index (χ2n) is 5.72. The molecule has 0 atom stereocenters. The van der Waals surface area contributed by atoms with Gasteiger partial charge in [0.15, 0.2) is 0 Å². The summed E-state index contributed by atoms with van der Waals surface area (Å²) in [5.41, 5.74) is 13.2. The molecule has 0 aromatic heterocycles. The van der Waals surface area contributed by atoms with E-state index in [9.17, 15) is 4.79 Å². The van der Waals surface area contributed by atoms with Gasteiger partial charge in [-0.15, -0.1) is 0 Å². The maximum Gasteiger partial charge on any atom is 0.231 e. The Hall–Kier alpha value is -1.55. The van der Waals surface area contributed by atoms with Gasteiger partial charge < -0.3 is 11.5 Å². The summed E-state index contributed by atoms with van der Waals surface area (Å²) in [4.78, 5) is 13.5. The molecule has 0 spiro atoms. The van der Waals surface area contributed by atoms with Crippen molar-refractivity contribution in [3.05, 3.63) is 29.8 Å². The number of hydrogen-bond donors (Lipinski definition) is 2. The fourth-order valence-corrected chi connectivity index (χ4v) is 3.10. The van der Waals surface area contributed by atoms with Gasteiger partial charge in [-0.1, -0.05) is 25.0 Å². The van der Waals surface area contributed by atoms with Crippen molar-refractivity contribution in [2.45, 2.75) is 44.6 Å². The van der Waals surface area contributed by atoms with Gasteiger partial charge in [0.1, 0.15) is 0 Å². The second-order valence-corrected chi connectivity index (χ2v) is 5.72. The quantitative estimate of drug-likeness (QED) is 0.747. The fourth-order valence-electron chi connectivity index (χ4n) is 3.10. The van der Waals surface area contributed by atoms with Crippen LogP contribution in [0.4, 0.5) is 5.69 Å². The molecule has 1 aromatic carbocycles. The average Bonchev–Trinajstić information content (AvgIpc) is 2.91. The second kappa shape index (κ2) is 7.29. The van der Waals surface area contributed by atoms with Crippen LogP contribution < -0.4 is 11.5 Å². The molecule has 110 valence electrons. The molecule has 1 amide bonds. The van der Waals surface area contributed by atoms with E-state index >= 15 is 0 Å². The van der Waals surface area contributed by atoms with Crippen molar-refractivity contribution in [2.24, 2.45) is 5.73 Å². The molecule has 0 heterocycles. The molecule has 2 rings (SSSR count). The number of nitrogens with two attached hydrogens (primary N) is 2. The van der Waals surface area contributed by atoms with Crippen molar-refractivity contribution in [1.29, 1.82) is 0 Å². The normalized spacial score (nSPS) is 15.8. The van der Waals surface area contributed by atoms with Crippen LogP contribution in [0.1, 0.15) is 37.7 Å². The molecule has 0 bridgehead atoms. The summed E-state index contributed by atoms with van der Waals surface area (Å²) in [6.45, 7) is 1.32. The Kier molecular flexibility index (Phi) is 5.41. The molecule has 1 aliphatic rings. The summed E-state index contributed by atoms with van der Waals surface area (Å²) in [6.07, 6.45) is 6.97. The van der Waals surface area contributed by atoms with Crippen molar-refractivity contribution in [3.63, 3.8) is 0 Å². The number of amides is 1. The first kappa shape index (κ1) is 14.9. The van der Waals surface area contributed by atoms with Crippen molar-refractivity contribution in [1.82, 2.24) is 4.90 Å². The number of hydrogen-bond acceptors (Lipinski definition) is 3. The first-order valence-electron chi connectivity index (χ1n) is 7.52. The zero-order valence-corrected chi connectivity index (χ0v) is 12.1. The smallest absolute Gasteiger partial charge is 0.231 e. The summed E-state index contributed by atoms with van der Waals surface area (Å²) in [7, 11) is 0. The highest BCUT2D eigenvalue weighted by Crippen LogP contribution is 2.23. The first-order valence-corrected chi connectivity index (χ1v) is 7.52. The van der Waals surface area contributed by atoms with Crippen LogP contribution in [-0.4, -0.2) is 29.9 Å². The van der Waals surface area contributed by atoms with E-state index in [1.54, 1.807) is 0 Å². The van der Waals surface area contributed by atoms with Crippen LogP contribution in [-0.2, 0) is 11.2 Å². The molecular formula is C16H25N3O. The van der Waals surface area contributed by atoms with Gasteiger partial charge in [0.05, 0.1) is 6.54 Å². The number of aryl methyl sites for hydroxylation is 1. The molecule has 0 radical (unpaired) electrons. The SMILES string of the molecule is NC(=O)CN(CCCc1cccc(N)c1)C1CCCC1. The Morgan fingerprint density at radius 3 is 2.70 bits per heavy atom. The van der Waals surface area contributed by atoms with Gasteiger partial charge in [-0.25, -0.2) is 0 Å². The van der Waals surface area contributed by atoms with E-state index in [1.165, 1.54) is 31.2 Å². The van der Waals surface area contributed by atoms with Gasteiger partial charge in [0.25, 0.3) is 0 Å². The number of carbonyl (C=O) groups excluding carboxylic acids is 1. The van der Waals surface area contributed by atoms with Crippen LogP contribution in [0.3, 0.4) is 0 Å². The Bertz CT molecular complexity index is 441. The minimum Gasteiger partial charge on any atom is -0.399 e. The van der Waals surface area contributed by atoms with Crippen molar-refractivity contribution < 1.29 is 4.79 Å². The lowest BCUT2D eigenvalue weighted by molar-refractivity contribution is -0.119. The number of benzene rings is 1. The molecule has 4 heteroatoms. The topological polar surface area (TPSA) is 72.4 Å². The van der Waals surface area contributed by atoms with E-state index in [0.29, 0.717) is 12.6 Å². The Morgan fingerprint density at radius 2 is 2.05 bits per heavy atom. The predicted molar refractivity (Wildman–Crippen MR) is 82.2 cm³/mol. The molecule has 4 nitrogen and oxygen atoms in total. The third-order valence-electron chi connectivity index (χ3n) is 4.06. The molecule has 1 aliphatic carbocycles. The summed E-state index contributed by atoms with van der Waals surface area (Å²) in [5.74, 6) is -0.221. The van der Waals surface area contributed by atoms with Crippen molar-refractivity contribution in [2.75, 3.05) is 18.8 Å². The maximum absolute atomic E-state index is 11.2. The first-order chi connectivity index (χ1) is 9.65. The standard InChI is InChI=1S/C16H25N3O/c17-14-7-3-5-13(11-14)6-4-10-19(12-16(18)20)15-8-1-2-9-15/h3,5,7,11,15H,1-2,4,6,8-10,12,17H2,(H2,18,20). The number of anilines is 1. The Morgan fingerprint density at radius 1 is 1.30 bits per heavy atom. The van der Waals surface area contributed by atoms with Gasteiger partial charge in [0, 0.05) is 11.7 Å². The third-order valence-corrected chi connectivity index (χ3v) is 4.06. The molecule has 1 fully saturated rings. The van der Waals surface area contributed by atoms with Gasteiger partial charge in [-0.3, -0.25) is 9.69 Å². The number of nitrogen functional groups attached to an aromatic ring is 1. The van der Waals surface area contributed by atoms with Crippen LogP contribution in [0.5, 0.6) is 0 Å². The minimum atomic E-state index is -0.221. The van der Waals surface area contributed by atoms with Gasteiger partial charge in [-0.05, 0) is 49.9 Å². The molecule has 20 heavy (non-hydrogen) atoms. The Labute approximate surface area is 121 Å². The molecule has 0 saturated heterocycles. The summed E-state index contributed by atoms with van der Waals surface area (Å²) < 4.78 is 0. The molecule has 1 aromatic rings. The highest BCUT2D eigenvalue weighted by molar-refractivity contribution is 5.75. The highest BCUT2D eigenvalue weighted by Gasteiger charge is 2.23. The van der Waals surface area contributed by atoms with Crippen LogP contribution in [0.2, 0.25) is 0 Å². The lowest BCUT2D eigenvalue weighted by Gasteiger charge is -2.27. The van der Waals surface area contributed by atoms with Crippen LogP contribution >= 0.6 is 0 Å². The zero-order chi connectivity index (χ0) is 14.4. The molecule has 4 N–H and O–H groups in total. The average molecular weight is 275 g/mol. The van der Waals surface area contributed by atoms with Crippen LogP contribution in [0, 0.1) is 0 Å². The van der Waals surface area contributed by atoms with Gasteiger partial charge >= 0.3 is 0 Å². The van der Waals surface area contributed by atoms with E-state index in [4.69, 9.17) is 11.5 Å². The number of primary amides is 1. The minimum absolute atomic E-state index is 0.221. The molecular weight excluding hydrogens is 250 g/mol. The van der Waals surface area contributed by atoms with E-state index in [-0.39, 0.29) is 5.91 Å². The number of rotatable bonds is 7. The highest BCUT2D eigenvalue weighted by atomic mass is 16.1. The summed E-state index contributed by atoms with van der Waals surface area (Å²) >= 11 is 0. The predicted octanol–water partition coefficient (Wildman–Crippen LogP) is 1.93. The monoisotopic (exact) mass is 275 g/mol. The summed E-state index contributed by atoms with van der Waals surface area (Å²) in [6, 6.07) is 8.56. The lowest BCUT2D eigenvalue weighted by atomic mass is 10.1. The van der Waals surface area contributed by atoms with Gasteiger partial charge in [0.2, 0.25) is 5.91 Å². The van der Waals surface area contributed by atoms with Crippen molar-refractivity contribution in [3.8, 4) is 0 Å². The maximum atomic E-state index is 11.2. The number of nitrogens with zero attached hydrogens (tertiary/aromatic N) is 1. The van der Waals surface area contributed by atoms with Gasteiger partial charge in [-0.2, -0.15) is 0 Å². The van der Waals surface area contributed by atoms with E-state index < -0.39 is 0 Å². The van der Waals surface area contributed by atoms with E-state index in [1.807, 2.05) is 18.2 Å². The fraction of sp³-hybridized carbons (Fsp3) is 0.562. The van der Waals surface area contributed by atoms with Crippen LogP contribution in [0.25, 0.3) is 0 Å². The lowest BCUT2D eigenvalue weighted by Crippen LogP contribution is -2.40. The molecule has 0 aliphatic heterocycles. The Balaban J connectivity index is 1.83. The number of carbonyl (C=O) groups is 1. The largest absolute Gasteiger partial charge is 0.399 e. The van der Waals surface area contributed by atoms with Crippen molar-refractivity contribution >= 4 is 11.6 Å².